The van der Waals surface area contributed by atoms with Gasteiger partial charge < -0.3 is 24.7 Å². The van der Waals surface area contributed by atoms with E-state index in [-0.39, 0.29) is 13.6 Å². The average molecular weight is 181 g/mol. The molecule has 2 N–H and O–H groups in total. The normalized spacial score (nSPS) is 16.3. The highest BCUT2D eigenvalue weighted by Gasteiger charge is 2.29. The first-order chi connectivity index (χ1) is 6.36. The Labute approximate surface area is 73.9 Å². The Balaban J connectivity index is 2.28. The Morgan fingerprint density at radius 2 is 1.62 bits per heavy atom. The van der Waals surface area contributed by atoms with Crippen LogP contribution in [-0.4, -0.2) is 13.6 Å². The van der Waals surface area contributed by atoms with E-state index in [0.717, 1.165) is 0 Å². The van der Waals surface area contributed by atoms with Crippen molar-refractivity contribution in [3.63, 3.8) is 0 Å². The number of hydrogen-bond acceptors (Lipinski definition) is 5. The van der Waals surface area contributed by atoms with Crippen LogP contribution in [0.15, 0.2) is 6.07 Å². The van der Waals surface area contributed by atoms with E-state index in [1.165, 1.54) is 0 Å². The third-order valence-electron chi connectivity index (χ3n) is 2.01. The number of ether oxygens (including phenoxy) is 4. The van der Waals surface area contributed by atoms with Crippen LogP contribution in [0, 0.1) is 0 Å². The molecular weight excluding hydrogens is 174 g/mol. The van der Waals surface area contributed by atoms with Gasteiger partial charge in [-0.1, -0.05) is 0 Å². The van der Waals surface area contributed by atoms with Crippen LogP contribution in [-0.2, 0) is 0 Å². The Bertz CT molecular complexity index is 377. The highest BCUT2D eigenvalue weighted by atomic mass is 16.7. The van der Waals surface area contributed by atoms with Crippen LogP contribution in [0.4, 0.5) is 5.69 Å². The van der Waals surface area contributed by atoms with Crippen molar-refractivity contribution in [1.82, 2.24) is 0 Å². The van der Waals surface area contributed by atoms with Gasteiger partial charge in [0.15, 0.2) is 11.5 Å². The summed E-state index contributed by atoms with van der Waals surface area (Å²) in [6, 6.07) is 1.68. The predicted octanol–water partition coefficient (Wildman–Crippen LogP) is 0.726. The van der Waals surface area contributed by atoms with Crippen molar-refractivity contribution in [2.24, 2.45) is 0 Å². The van der Waals surface area contributed by atoms with Gasteiger partial charge in [0.2, 0.25) is 25.1 Å². The molecule has 0 fully saturated rings. The van der Waals surface area contributed by atoms with Crippen molar-refractivity contribution >= 4 is 5.69 Å². The molecule has 0 amide bonds. The van der Waals surface area contributed by atoms with E-state index in [2.05, 4.69) is 0 Å². The monoisotopic (exact) mass is 181 g/mol. The lowest BCUT2D eigenvalue weighted by atomic mass is 10.2. The van der Waals surface area contributed by atoms with Crippen LogP contribution < -0.4 is 24.7 Å². The molecule has 0 spiro atoms. The third kappa shape index (κ3) is 0.756. The first-order valence-corrected chi connectivity index (χ1v) is 3.84. The summed E-state index contributed by atoms with van der Waals surface area (Å²) in [6.07, 6.45) is 0. The van der Waals surface area contributed by atoms with E-state index in [0.29, 0.717) is 28.7 Å². The minimum atomic E-state index is 0.180. The topological polar surface area (TPSA) is 62.9 Å². The van der Waals surface area contributed by atoms with Crippen molar-refractivity contribution in [3.8, 4) is 23.0 Å². The van der Waals surface area contributed by atoms with E-state index < -0.39 is 0 Å². The lowest BCUT2D eigenvalue weighted by Crippen LogP contribution is -1.96. The highest BCUT2D eigenvalue weighted by Crippen LogP contribution is 2.52. The van der Waals surface area contributed by atoms with Crippen molar-refractivity contribution < 1.29 is 18.9 Å². The van der Waals surface area contributed by atoms with Gasteiger partial charge in [-0.15, -0.1) is 0 Å². The number of nitrogen functional groups attached to an aromatic ring is 1. The molecule has 0 aromatic heterocycles. The summed E-state index contributed by atoms with van der Waals surface area (Å²) in [5.74, 6) is 2.29. The van der Waals surface area contributed by atoms with Gasteiger partial charge in [0.1, 0.15) is 0 Å². The Morgan fingerprint density at radius 1 is 0.923 bits per heavy atom. The van der Waals surface area contributed by atoms with Gasteiger partial charge in [0, 0.05) is 6.07 Å². The summed E-state index contributed by atoms with van der Waals surface area (Å²) < 4.78 is 20.8. The molecule has 0 atom stereocenters. The largest absolute Gasteiger partial charge is 0.453 e. The number of nitrogens with two attached hydrogens (primary N) is 1. The second kappa shape index (κ2) is 2.12. The van der Waals surface area contributed by atoms with E-state index in [4.69, 9.17) is 24.7 Å². The molecular formula is C8H7NO4. The molecule has 0 bridgehead atoms. The quantitative estimate of drug-likeness (QED) is 0.597. The predicted molar refractivity (Wildman–Crippen MR) is 43.1 cm³/mol. The zero-order chi connectivity index (χ0) is 8.84. The second-order valence-corrected chi connectivity index (χ2v) is 2.76. The van der Waals surface area contributed by atoms with Crippen molar-refractivity contribution in [2.75, 3.05) is 19.3 Å². The summed E-state index contributed by atoms with van der Waals surface area (Å²) in [6.45, 7) is 0.383. The highest BCUT2D eigenvalue weighted by molar-refractivity contribution is 5.72. The standard InChI is InChI=1S/C8H7NO4/c9-4-1-5-7(12-2-10-5)8-6(4)11-3-13-8/h1H,2-3,9H2. The average Bonchev–Trinajstić information content (AvgIpc) is 2.66. The van der Waals surface area contributed by atoms with Crippen molar-refractivity contribution in [1.29, 1.82) is 0 Å². The molecule has 5 nitrogen and oxygen atoms in total. The van der Waals surface area contributed by atoms with Gasteiger partial charge in [-0.25, -0.2) is 0 Å². The number of fused-ring (bicyclic) bond motifs is 3. The zero-order valence-electron chi connectivity index (χ0n) is 6.70. The number of rotatable bonds is 0. The van der Waals surface area contributed by atoms with Gasteiger partial charge in [-0.3, -0.25) is 0 Å². The lowest BCUT2D eigenvalue weighted by Gasteiger charge is -2.03. The Morgan fingerprint density at radius 3 is 2.54 bits per heavy atom. The molecule has 0 saturated heterocycles. The molecule has 0 unspecified atom stereocenters. The number of benzene rings is 1. The van der Waals surface area contributed by atoms with Crippen LogP contribution in [0.5, 0.6) is 23.0 Å². The fraction of sp³-hybridized carbons (Fsp3) is 0.250. The molecule has 0 aliphatic carbocycles. The van der Waals surface area contributed by atoms with Crippen LogP contribution in [0.25, 0.3) is 0 Å². The maximum Gasteiger partial charge on any atom is 0.231 e. The summed E-state index contributed by atoms with van der Waals surface area (Å²) in [4.78, 5) is 0. The molecule has 0 saturated carbocycles. The molecule has 13 heavy (non-hydrogen) atoms. The van der Waals surface area contributed by atoms with Crippen LogP contribution in [0.3, 0.4) is 0 Å². The fourth-order valence-electron chi connectivity index (χ4n) is 1.44. The van der Waals surface area contributed by atoms with Gasteiger partial charge >= 0.3 is 0 Å². The Kier molecular flexibility index (Phi) is 1.10. The van der Waals surface area contributed by atoms with Crippen LogP contribution in [0.1, 0.15) is 0 Å². The number of hydrogen-bond donors (Lipinski definition) is 1. The molecule has 0 radical (unpaired) electrons. The molecule has 2 aliphatic heterocycles. The van der Waals surface area contributed by atoms with E-state index in [9.17, 15) is 0 Å². The summed E-state index contributed by atoms with van der Waals surface area (Å²) >= 11 is 0. The first-order valence-electron chi connectivity index (χ1n) is 3.84. The fourth-order valence-corrected chi connectivity index (χ4v) is 1.44. The Hall–Kier alpha value is -1.78. The SMILES string of the molecule is Nc1cc2c(c3c1OCO3)OCO2. The molecule has 1 aromatic carbocycles. The second-order valence-electron chi connectivity index (χ2n) is 2.76. The molecule has 5 heteroatoms. The maximum atomic E-state index is 5.70. The lowest BCUT2D eigenvalue weighted by molar-refractivity contribution is 0.157. The van der Waals surface area contributed by atoms with E-state index >= 15 is 0 Å². The zero-order valence-corrected chi connectivity index (χ0v) is 6.70. The smallest absolute Gasteiger partial charge is 0.231 e. The first kappa shape index (κ1) is 6.71. The summed E-state index contributed by atoms with van der Waals surface area (Å²) in [5.41, 5.74) is 6.22. The van der Waals surface area contributed by atoms with E-state index in [1.807, 2.05) is 0 Å². The molecule has 2 aliphatic rings. The molecule has 3 rings (SSSR count). The van der Waals surface area contributed by atoms with Crippen LogP contribution >= 0.6 is 0 Å². The maximum absolute atomic E-state index is 5.70. The summed E-state index contributed by atoms with van der Waals surface area (Å²) in [5, 5.41) is 0. The van der Waals surface area contributed by atoms with Gasteiger partial charge in [-0.05, 0) is 0 Å². The van der Waals surface area contributed by atoms with Gasteiger partial charge in [0.25, 0.3) is 0 Å². The van der Waals surface area contributed by atoms with E-state index in [1.54, 1.807) is 6.07 Å². The van der Waals surface area contributed by atoms with Gasteiger partial charge in [-0.2, -0.15) is 0 Å². The van der Waals surface area contributed by atoms with Crippen LogP contribution in [0.2, 0.25) is 0 Å². The minimum Gasteiger partial charge on any atom is -0.453 e. The molecule has 2 heterocycles. The summed E-state index contributed by atoms with van der Waals surface area (Å²) in [7, 11) is 0. The third-order valence-corrected chi connectivity index (χ3v) is 2.01. The molecule has 1 aromatic rings. The van der Waals surface area contributed by atoms with Crippen molar-refractivity contribution in [3.05, 3.63) is 6.07 Å². The number of anilines is 1. The molecule has 68 valence electrons. The van der Waals surface area contributed by atoms with Gasteiger partial charge in [0.05, 0.1) is 5.69 Å². The van der Waals surface area contributed by atoms with Crippen molar-refractivity contribution in [2.45, 2.75) is 0 Å². The minimum absolute atomic E-state index is 0.180.